The molecule has 0 saturated carbocycles. The number of benzene rings is 2. The van der Waals surface area contributed by atoms with E-state index in [2.05, 4.69) is 60.5 Å². The predicted molar refractivity (Wildman–Crippen MR) is 134 cm³/mol. The summed E-state index contributed by atoms with van der Waals surface area (Å²) in [6.07, 6.45) is 2.51. The minimum Gasteiger partial charge on any atom is -0.379 e. The van der Waals surface area contributed by atoms with Crippen LogP contribution in [-0.2, 0) is 24.3 Å². The van der Waals surface area contributed by atoms with Crippen LogP contribution >= 0.6 is 11.3 Å². The average molecular weight is 453 g/mol. The van der Waals surface area contributed by atoms with Gasteiger partial charge in [0.25, 0.3) is 0 Å². The molecule has 0 amide bonds. The third kappa shape index (κ3) is 3.65. The van der Waals surface area contributed by atoms with Crippen molar-refractivity contribution >= 4 is 37.5 Å². The van der Waals surface area contributed by atoms with Gasteiger partial charge in [-0.05, 0) is 31.5 Å². The Kier molecular flexibility index (Phi) is 4.85. The highest BCUT2D eigenvalue weighted by atomic mass is 32.1. The summed E-state index contributed by atoms with van der Waals surface area (Å²) in [4.78, 5) is 15.5. The standard InChI is InChI=1S/C27H24N4OS/c1-27(2)13-19-20(15-32-27)23(17-9-5-3-6-10-17)31-26-22(19)24-25(33-26)21(29-16-30-24)14-28-18-11-7-4-8-12-18/h3-12,16,28H,13-15H2,1-2H3. The average Bonchev–Trinajstić information content (AvgIpc) is 3.22. The second-order valence-electron chi connectivity index (χ2n) is 9.01. The summed E-state index contributed by atoms with van der Waals surface area (Å²) in [6, 6.07) is 20.6. The highest BCUT2D eigenvalue weighted by molar-refractivity contribution is 7.25. The smallest absolute Gasteiger partial charge is 0.127 e. The van der Waals surface area contributed by atoms with Crippen molar-refractivity contribution in [3.05, 3.63) is 83.8 Å². The number of fused-ring (bicyclic) bond motifs is 5. The lowest BCUT2D eigenvalue weighted by Crippen LogP contribution is -2.32. The van der Waals surface area contributed by atoms with Gasteiger partial charge in [-0.1, -0.05) is 48.5 Å². The number of nitrogens with one attached hydrogen (secondary N) is 1. The molecule has 5 nitrogen and oxygen atoms in total. The zero-order valence-corrected chi connectivity index (χ0v) is 19.4. The molecule has 0 bridgehead atoms. The number of aromatic nitrogens is 3. The minimum absolute atomic E-state index is 0.228. The van der Waals surface area contributed by atoms with Gasteiger partial charge in [0, 0.05) is 28.6 Å². The van der Waals surface area contributed by atoms with Crippen LogP contribution in [0.15, 0.2) is 67.0 Å². The van der Waals surface area contributed by atoms with Crippen LogP contribution in [0.5, 0.6) is 0 Å². The maximum Gasteiger partial charge on any atom is 0.127 e. The third-order valence-electron chi connectivity index (χ3n) is 6.18. The normalized spacial score (nSPS) is 15.0. The van der Waals surface area contributed by atoms with Crippen molar-refractivity contribution in [1.29, 1.82) is 0 Å². The molecule has 0 radical (unpaired) electrons. The number of para-hydroxylation sites is 1. The molecule has 1 aliphatic heterocycles. The predicted octanol–water partition coefficient (Wildman–Crippen LogP) is 6.37. The third-order valence-corrected chi connectivity index (χ3v) is 7.30. The summed E-state index contributed by atoms with van der Waals surface area (Å²) in [5, 5.41) is 4.64. The molecule has 1 N–H and O–H groups in total. The molecule has 33 heavy (non-hydrogen) atoms. The van der Waals surface area contributed by atoms with Gasteiger partial charge in [0.05, 0.1) is 40.4 Å². The van der Waals surface area contributed by atoms with Crippen LogP contribution in [0.25, 0.3) is 31.7 Å². The van der Waals surface area contributed by atoms with Gasteiger partial charge in [0.2, 0.25) is 0 Å². The molecule has 0 atom stereocenters. The van der Waals surface area contributed by atoms with Crippen LogP contribution in [0.2, 0.25) is 0 Å². The van der Waals surface area contributed by atoms with Crippen molar-refractivity contribution in [1.82, 2.24) is 15.0 Å². The molecular weight excluding hydrogens is 428 g/mol. The van der Waals surface area contributed by atoms with Crippen LogP contribution in [0.1, 0.15) is 30.7 Å². The molecule has 5 aromatic rings. The number of hydrogen-bond donors (Lipinski definition) is 1. The first-order valence-electron chi connectivity index (χ1n) is 11.2. The maximum atomic E-state index is 6.22. The number of pyridine rings is 1. The quantitative estimate of drug-likeness (QED) is 0.343. The highest BCUT2D eigenvalue weighted by Gasteiger charge is 2.32. The van der Waals surface area contributed by atoms with Gasteiger partial charge in [-0.15, -0.1) is 11.3 Å². The highest BCUT2D eigenvalue weighted by Crippen LogP contribution is 2.43. The van der Waals surface area contributed by atoms with Crippen molar-refractivity contribution in [2.24, 2.45) is 0 Å². The summed E-state index contributed by atoms with van der Waals surface area (Å²) >= 11 is 1.69. The van der Waals surface area contributed by atoms with Crippen molar-refractivity contribution in [3.8, 4) is 11.3 Å². The fourth-order valence-corrected chi connectivity index (χ4v) is 5.70. The van der Waals surface area contributed by atoms with Gasteiger partial charge in [0.15, 0.2) is 0 Å². The van der Waals surface area contributed by atoms with E-state index in [9.17, 15) is 0 Å². The van der Waals surface area contributed by atoms with Crippen LogP contribution in [0, 0.1) is 0 Å². The van der Waals surface area contributed by atoms with E-state index in [4.69, 9.17) is 14.7 Å². The Balaban J connectivity index is 1.55. The Morgan fingerprint density at radius 3 is 2.52 bits per heavy atom. The summed E-state index contributed by atoms with van der Waals surface area (Å²) in [6.45, 7) is 5.50. The number of thiophene rings is 1. The Hall–Kier alpha value is -3.35. The van der Waals surface area contributed by atoms with Crippen molar-refractivity contribution in [3.63, 3.8) is 0 Å². The molecule has 164 valence electrons. The van der Waals surface area contributed by atoms with E-state index in [-0.39, 0.29) is 5.60 Å². The molecule has 0 saturated heterocycles. The number of ether oxygens (including phenoxy) is 1. The van der Waals surface area contributed by atoms with Crippen molar-refractivity contribution in [2.45, 2.75) is 39.0 Å². The number of nitrogens with zero attached hydrogens (tertiary/aromatic N) is 3. The molecular formula is C27H24N4OS. The summed E-state index contributed by atoms with van der Waals surface area (Å²) in [7, 11) is 0. The lowest BCUT2D eigenvalue weighted by molar-refractivity contribution is -0.0394. The number of hydrogen-bond acceptors (Lipinski definition) is 6. The van der Waals surface area contributed by atoms with E-state index in [1.54, 1.807) is 17.7 Å². The van der Waals surface area contributed by atoms with Gasteiger partial charge in [-0.2, -0.15) is 0 Å². The first-order valence-corrected chi connectivity index (χ1v) is 12.0. The van der Waals surface area contributed by atoms with E-state index in [1.807, 2.05) is 24.3 Å². The molecule has 0 aliphatic carbocycles. The monoisotopic (exact) mass is 452 g/mol. The van der Waals surface area contributed by atoms with Crippen molar-refractivity contribution < 1.29 is 4.74 Å². The van der Waals surface area contributed by atoms with Crippen LogP contribution in [-0.4, -0.2) is 20.6 Å². The number of rotatable bonds is 4. The SMILES string of the molecule is CC1(C)Cc2c(c(-c3ccccc3)nc3sc4c(CNc5ccccc5)ncnc4c23)CO1. The molecule has 0 unspecified atom stereocenters. The Bertz CT molecular complexity index is 1460. The van der Waals surface area contributed by atoms with E-state index < -0.39 is 0 Å². The topological polar surface area (TPSA) is 59.9 Å². The molecule has 1 aliphatic rings. The van der Waals surface area contributed by atoms with Gasteiger partial charge in [-0.25, -0.2) is 15.0 Å². The van der Waals surface area contributed by atoms with Gasteiger partial charge in [-0.3, -0.25) is 0 Å². The van der Waals surface area contributed by atoms with E-state index in [0.29, 0.717) is 13.2 Å². The van der Waals surface area contributed by atoms with E-state index in [0.717, 1.165) is 49.5 Å². The molecule has 0 fully saturated rings. The zero-order chi connectivity index (χ0) is 22.4. The van der Waals surface area contributed by atoms with Gasteiger partial charge < -0.3 is 10.1 Å². The van der Waals surface area contributed by atoms with Gasteiger partial charge >= 0.3 is 0 Å². The second-order valence-corrected chi connectivity index (χ2v) is 10.0. The fraction of sp³-hybridized carbons (Fsp3) is 0.222. The molecule has 6 rings (SSSR count). The Morgan fingerprint density at radius 1 is 0.970 bits per heavy atom. The van der Waals surface area contributed by atoms with E-state index in [1.165, 1.54) is 11.1 Å². The van der Waals surface area contributed by atoms with E-state index >= 15 is 0 Å². The number of anilines is 1. The lowest BCUT2D eigenvalue weighted by Gasteiger charge is -2.33. The Labute approximate surface area is 196 Å². The summed E-state index contributed by atoms with van der Waals surface area (Å²) in [5.74, 6) is 0. The summed E-state index contributed by atoms with van der Waals surface area (Å²) in [5.41, 5.74) is 7.45. The van der Waals surface area contributed by atoms with Crippen molar-refractivity contribution in [2.75, 3.05) is 5.32 Å². The molecule has 0 spiro atoms. The first-order chi connectivity index (χ1) is 16.1. The molecule has 2 aromatic carbocycles. The zero-order valence-electron chi connectivity index (χ0n) is 18.6. The first kappa shape index (κ1) is 20.3. The van der Waals surface area contributed by atoms with Crippen LogP contribution in [0.3, 0.4) is 0 Å². The molecule has 6 heteroatoms. The maximum absolute atomic E-state index is 6.22. The van der Waals surface area contributed by atoms with Crippen LogP contribution < -0.4 is 5.32 Å². The molecule has 3 aromatic heterocycles. The summed E-state index contributed by atoms with van der Waals surface area (Å²) < 4.78 is 7.32. The minimum atomic E-state index is -0.228. The van der Waals surface area contributed by atoms with Gasteiger partial charge in [0.1, 0.15) is 11.2 Å². The fourth-order valence-electron chi connectivity index (χ4n) is 4.56. The van der Waals surface area contributed by atoms with Crippen LogP contribution in [0.4, 0.5) is 5.69 Å². The largest absolute Gasteiger partial charge is 0.379 e. The second kappa shape index (κ2) is 7.90. The Morgan fingerprint density at radius 2 is 1.73 bits per heavy atom. The molecule has 4 heterocycles. The lowest BCUT2D eigenvalue weighted by atomic mass is 9.88.